The number of aryl methyl sites for hydroxylation is 2. The number of nitrogens with zero attached hydrogens (tertiary/aromatic N) is 4. The third kappa shape index (κ3) is 11.3. The number of thiophene rings is 1. The number of hydrogen-bond donors (Lipinski definition) is 2. The largest absolute Gasteiger partial charge is 0.508 e. The topological polar surface area (TPSA) is 199 Å². The molecule has 8 rings (SSSR count). The first kappa shape index (κ1) is 49.2. The lowest BCUT2D eigenvalue weighted by Gasteiger charge is -2.21. The van der Waals surface area contributed by atoms with Gasteiger partial charge in [0.25, 0.3) is 10.1 Å². The van der Waals surface area contributed by atoms with Crippen molar-refractivity contribution in [1.82, 2.24) is 19.9 Å². The third-order valence-corrected chi connectivity index (χ3v) is 14.2. The first-order valence-corrected chi connectivity index (χ1v) is 24.6. The zero-order valence-electron chi connectivity index (χ0n) is 38.0. The molecule has 3 aromatic heterocycles. The number of fused-ring (bicyclic) bond motifs is 1. The smallest absolute Gasteiger partial charge is 0.347 e. The number of hydrogen-bond acceptors (Lipinski definition) is 16. The van der Waals surface area contributed by atoms with Crippen LogP contribution in [-0.4, -0.2) is 83.2 Å². The molecule has 4 aromatic carbocycles. The molecule has 15 nitrogen and oxygen atoms in total. The van der Waals surface area contributed by atoms with Gasteiger partial charge in [-0.2, -0.15) is 8.42 Å². The van der Waals surface area contributed by atoms with E-state index in [0.29, 0.717) is 72.3 Å². The van der Waals surface area contributed by atoms with E-state index in [9.17, 15) is 27.8 Å². The van der Waals surface area contributed by atoms with Crippen LogP contribution >= 0.6 is 22.9 Å². The van der Waals surface area contributed by atoms with Crippen LogP contribution in [0.25, 0.3) is 31.8 Å². The van der Waals surface area contributed by atoms with Crippen LogP contribution in [0.1, 0.15) is 59.6 Å². The standard InChI is InChI=1S/C50H48ClFN4O11S2/c1-5-62-50(59)42(23-32-22-38(58)29(3)21-41(32)64-25-34-18-19-53-47(56-34)40-7-6-20-63-40)67-48-44-43(46(68-49(44)55-27-54-48)31-10-12-33(52)13-11-31)37-16-17-39(45(51)30(37)4)66-35(24-57)26-65-69(60,61)36-14-8-28(2)9-15-36/h8-19,21-22,27,35,40,42,57-58H,5-7,20,23-26H2,1-4H3/t35-,40+,42?/m1/s1. The minimum Gasteiger partial charge on any atom is -0.508 e. The van der Waals surface area contributed by atoms with Gasteiger partial charge in [-0.3, -0.25) is 4.18 Å². The quantitative estimate of drug-likeness (QED) is 0.0573. The lowest BCUT2D eigenvalue weighted by molar-refractivity contribution is -0.151. The second-order valence-corrected chi connectivity index (χ2v) is 19.2. The summed E-state index contributed by atoms with van der Waals surface area (Å²) in [5.41, 5.74) is 4.70. The lowest BCUT2D eigenvalue weighted by atomic mass is 9.96. The van der Waals surface area contributed by atoms with Gasteiger partial charge in [0.2, 0.25) is 12.0 Å². The fraction of sp³-hybridized carbons (Fsp3) is 0.300. The van der Waals surface area contributed by atoms with Crippen molar-refractivity contribution < 1.29 is 55.7 Å². The van der Waals surface area contributed by atoms with Crippen LogP contribution < -0.4 is 14.2 Å². The second-order valence-electron chi connectivity index (χ2n) is 16.2. The van der Waals surface area contributed by atoms with E-state index in [1.165, 1.54) is 48.0 Å². The van der Waals surface area contributed by atoms with Gasteiger partial charge in [0.15, 0.2) is 5.82 Å². The molecule has 69 heavy (non-hydrogen) atoms. The van der Waals surface area contributed by atoms with Gasteiger partial charge < -0.3 is 33.9 Å². The van der Waals surface area contributed by atoms with Crippen molar-refractivity contribution in [1.29, 1.82) is 0 Å². The first-order chi connectivity index (χ1) is 33.2. The van der Waals surface area contributed by atoms with E-state index in [0.717, 1.165) is 18.4 Å². The molecule has 0 aliphatic carbocycles. The average molecular weight is 1000 g/mol. The van der Waals surface area contributed by atoms with Crippen molar-refractivity contribution in [3.63, 3.8) is 0 Å². The van der Waals surface area contributed by atoms with Crippen LogP contribution in [0.3, 0.4) is 0 Å². The van der Waals surface area contributed by atoms with E-state index in [4.69, 9.17) is 39.5 Å². The van der Waals surface area contributed by atoms with Crippen molar-refractivity contribution in [3.05, 3.63) is 136 Å². The molecule has 3 atom stereocenters. The van der Waals surface area contributed by atoms with E-state index in [-0.39, 0.29) is 53.0 Å². The highest BCUT2D eigenvalue weighted by Gasteiger charge is 2.31. The SMILES string of the molecule is CCOC(=O)C(Cc1cc(O)c(C)cc1OCc1ccnc([C@@H]2CCCO2)n1)Oc1ncnc2sc(-c3ccc(F)cc3)c(-c3ccc(O[C@H](CO)COS(=O)(=O)c4ccc(C)cc4)c(Cl)c3C)c12. The summed E-state index contributed by atoms with van der Waals surface area (Å²) in [6.07, 6.45) is 1.94. The van der Waals surface area contributed by atoms with Crippen LogP contribution in [-0.2, 0) is 41.6 Å². The van der Waals surface area contributed by atoms with Gasteiger partial charge in [0, 0.05) is 35.2 Å². The molecule has 1 unspecified atom stereocenters. The third-order valence-electron chi connectivity index (χ3n) is 11.3. The minimum atomic E-state index is -4.17. The number of phenols is 1. The van der Waals surface area contributed by atoms with E-state index < -0.39 is 47.3 Å². The first-order valence-electron chi connectivity index (χ1n) is 22.0. The Hall–Kier alpha value is -6.28. The average Bonchev–Trinajstić information content (AvgIpc) is 4.03. The molecule has 0 spiro atoms. The zero-order chi connectivity index (χ0) is 48.8. The van der Waals surface area contributed by atoms with E-state index in [1.807, 2.05) is 6.92 Å². The molecule has 0 amide bonds. The summed E-state index contributed by atoms with van der Waals surface area (Å²) in [5, 5.41) is 21.7. The summed E-state index contributed by atoms with van der Waals surface area (Å²) in [4.78, 5) is 33.2. The van der Waals surface area contributed by atoms with Gasteiger partial charge in [-0.25, -0.2) is 29.1 Å². The number of aromatic hydroxyl groups is 1. The predicted octanol–water partition coefficient (Wildman–Crippen LogP) is 9.37. The van der Waals surface area contributed by atoms with E-state index in [1.54, 1.807) is 75.5 Å². The highest BCUT2D eigenvalue weighted by molar-refractivity contribution is 7.86. The maximum atomic E-state index is 14.3. The molecule has 1 fully saturated rings. The number of phenolic OH excluding ortho intramolecular Hbond substituents is 1. The molecule has 0 radical (unpaired) electrons. The van der Waals surface area contributed by atoms with Crippen LogP contribution in [0.4, 0.5) is 4.39 Å². The summed E-state index contributed by atoms with van der Waals surface area (Å²) >= 11 is 8.32. The van der Waals surface area contributed by atoms with Gasteiger partial charge >= 0.3 is 5.97 Å². The Morgan fingerprint density at radius 1 is 0.986 bits per heavy atom. The summed E-state index contributed by atoms with van der Waals surface area (Å²) in [6, 6.07) is 20.3. The van der Waals surface area contributed by atoms with Crippen molar-refractivity contribution in [2.45, 2.75) is 76.8 Å². The normalized spacial score (nSPS) is 14.7. The number of benzene rings is 4. The number of ether oxygens (including phenoxy) is 5. The number of aliphatic hydroxyl groups is 1. The molecule has 0 bridgehead atoms. The Balaban J connectivity index is 1.13. The van der Waals surface area contributed by atoms with Crippen LogP contribution in [0.15, 0.2) is 96.3 Å². The maximum Gasteiger partial charge on any atom is 0.347 e. The van der Waals surface area contributed by atoms with Crippen molar-refractivity contribution in [3.8, 4) is 44.7 Å². The summed E-state index contributed by atoms with van der Waals surface area (Å²) < 4.78 is 75.7. The number of carbonyl (C=O) groups excluding carboxylic acids is 1. The molecule has 1 saturated heterocycles. The van der Waals surface area contributed by atoms with Crippen LogP contribution in [0.5, 0.6) is 23.1 Å². The van der Waals surface area contributed by atoms with Crippen molar-refractivity contribution >= 4 is 49.2 Å². The van der Waals surface area contributed by atoms with Crippen molar-refractivity contribution in [2.24, 2.45) is 0 Å². The van der Waals surface area contributed by atoms with Gasteiger partial charge in [-0.15, -0.1) is 11.3 Å². The monoisotopic (exact) mass is 998 g/mol. The molecule has 1 aliphatic rings. The molecule has 7 aromatic rings. The highest BCUT2D eigenvalue weighted by atomic mass is 35.5. The Kier molecular flexibility index (Phi) is 15.4. The number of esters is 1. The number of aromatic nitrogens is 4. The lowest BCUT2D eigenvalue weighted by Crippen LogP contribution is -2.32. The van der Waals surface area contributed by atoms with E-state index in [2.05, 4.69) is 19.9 Å². The zero-order valence-corrected chi connectivity index (χ0v) is 40.4. The Morgan fingerprint density at radius 3 is 2.49 bits per heavy atom. The molecule has 360 valence electrons. The molecular weight excluding hydrogens is 951 g/mol. The Morgan fingerprint density at radius 2 is 1.77 bits per heavy atom. The molecule has 2 N–H and O–H groups in total. The molecule has 0 saturated carbocycles. The van der Waals surface area contributed by atoms with E-state index >= 15 is 0 Å². The molecule has 4 heterocycles. The fourth-order valence-electron chi connectivity index (χ4n) is 7.65. The summed E-state index contributed by atoms with van der Waals surface area (Å²) in [5.74, 6) is -0.0821. The number of aliphatic hydroxyl groups excluding tert-OH is 1. The molecule has 19 heteroatoms. The molecular formula is C50H48ClFN4O11S2. The number of carbonyl (C=O) groups is 1. The van der Waals surface area contributed by atoms with Gasteiger partial charge in [-0.05, 0) is 111 Å². The maximum absolute atomic E-state index is 14.3. The minimum absolute atomic E-state index is 0.0160. The summed E-state index contributed by atoms with van der Waals surface area (Å²) in [7, 11) is -4.17. The number of rotatable bonds is 19. The van der Waals surface area contributed by atoms with Gasteiger partial charge in [-0.1, -0.05) is 47.5 Å². The van der Waals surface area contributed by atoms with Crippen LogP contribution in [0, 0.1) is 26.6 Å². The van der Waals surface area contributed by atoms with Gasteiger partial charge in [0.05, 0.1) is 34.2 Å². The van der Waals surface area contributed by atoms with Crippen molar-refractivity contribution in [2.75, 3.05) is 26.4 Å². The summed E-state index contributed by atoms with van der Waals surface area (Å²) in [6.45, 7) is 6.60. The number of halogens is 2. The second kappa shape index (κ2) is 21.6. The fourth-order valence-corrected chi connectivity index (χ4v) is 9.95. The molecule has 1 aliphatic heterocycles. The van der Waals surface area contributed by atoms with Gasteiger partial charge in [0.1, 0.15) is 59.6 Å². The van der Waals surface area contributed by atoms with Crippen LogP contribution in [0.2, 0.25) is 5.02 Å². The predicted molar refractivity (Wildman–Crippen MR) is 256 cm³/mol. The Labute approximate surface area is 406 Å². The Bertz CT molecular complexity index is 3080. The highest BCUT2D eigenvalue weighted by Crippen LogP contribution is 2.50.